The summed E-state index contributed by atoms with van der Waals surface area (Å²) in [5.74, 6) is -0.457. The maximum Gasteiger partial charge on any atom is 0.317 e. The quantitative estimate of drug-likeness (QED) is 0.632. The normalized spacial score (nSPS) is 16.4. The van der Waals surface area contributed by atoms with Gasteiger partial charge in [0.25, 0.3) is 11.8 Å². The zero-order valence-electron chi connectivity index (χ0n) is 21.6. The monoisotopic (exact) mass is 527 g/mol. The average Bonchev–Trinajstić information content (AvgIpc) is 2.88. The van der Waals surface area contributed by atoms with Gasteiger partial charge in [-0.15, -0.1) is 0 Å². The fourth-order valence-corrected chi connectivity index (χ4v) is 4.61. The number of piperazine rings is 1. The van der Waals surface area contributed by atoms with Crippen LogP contribution < -0.4 is 15.5 Å². The molecule has 198 valence electrons. The van der Waals surface area contributed by atoms with Crippen LogP contribution in [0.4, 0.5) is 16.2 Å². The van der Waals surface area contributed by atoms with Crippen molar-refractivity contribution in [3.05, 3.63) is 58.6 Å². The van der Waals surface area contributed by atoms with Gasteiger partial charge in [0.2, 0.25) is 0 Å². The SMILES string of the molecule is CC(C)(C)NC(=O)N1CCN(c2ccc(NC(=O)c3ccccc3Cl)cc2C(=O)N2CCOCC2)CC1. The number of rotatable bonds is 4. The van der Waals surface area contributed by atoms with Crippen molar-refractivity contribution in [1.29, 1.82) is 0 Å². The first-order valence-electron chi connectivity index (χ1n) is 12.5. The Bertz CT molecular complexity index is 1150. The standard InChI is InChI=1S/C27H34ClN5O4/c1-27(2,3)30-26(36)33-12-10-31(11-13-33)23-9-8-19(29-24(34)20-6-4-5-7-22(20)28)18-21(23)25(35)32-14-16-37-17-15-32/h4-9,18H,10-17H2,1-3H3,(H,29,34)(H,30,36). The molecule has 0 bridgehead atoms. The van der Waals surface area contributed by atoms with E-state index in [9.17, 15) is 14.4 Å². The van der Waals surface area contributed by atoms with Gasteiger partial charge < -0.3 is 30.1 Å². The minimum atomic E-state index is -0.346. The zero-order chi connectivity index (χ0) is 26.6. The Morgan fingerprint density at radius 2 is 1.54 bits per heavy atom. The van der Waals surface area contributed by atoms with E-state index in [1.165, 1.54) is 0 Å². The molecule has 2 aromatic rings. The van der Waals surface area contributed by atoms with Crippen molar-refractivity contribution in [1.82, 2.24) is 15.1 Å². The number of carbonyl (C=O) groups excluding carboxylic acids is 3. The van der Waals surface area contributed by atoms with Gasteiger partial charge in [0.05, 0.1) is 29.4 Å². The van der Waals surface area contributed by atoms with Gasteiger partial charge in [-0.1, -0.05) is 23.7 Å². The number of hydrogen-bond acceptors (Lipinski definition) is 5. The molecule has 0 aliphatic carbocycles. The molecular formula is C27H34ClN5O4. The van der Waals surface area contributed by atoms with Gasteiger partial charge in [-0.2, -0.15) is 0 Å². The van der Waals surface area contributed by atoms with E-state index in [-0.39, 0.29) is 23.4 Å². The van der Waals surface area contributed by atoms with Crippen LogP contribution >= 0.6 is 11.6 Å². The summed E-state index contributed by atoms with van der Waals surface area (Å²) in [5, 5.41) is 6.23. The zero-order valence-corrected chi connectivity index (χ0v) is 22.3. The lowest BCUT2D eigenvalue weighted by atomic mass is 10.1. The van der Waals surface area contributed by atoms with Crippen molar-refractivity contribution in [2.75, 3.05) is 62.7 Å². The van der Waals surface area contributed by atoms with E-state index in [0.717, 1.165) is 5.69 Å². The molecule has 2 fully saturated rings. The molecule has 9 nitrogen and oxygen atoms in total. The van der Waals surface area contributed by atoms with Gasteiger partial charge in [-0.3, -0.25) is 9.59 Å². The number of nitrogens with one attached hydrogen (secondary N) is 2. The second-order valence-corrected chi connectivity index (χ2v) is 10.6. The lowest BCUT2D eigenvalue weighted by molar-refractivity contribution is 0.0303. The van der Waals surface area contributed by atoms with Crippen LogP contribution in [0.1, 0.15) is 41.5 Å². The van der Waals surface area contributed by atoms with Crippen LogP contribution in [0.25, 0.3) is 0 Å². The highest BCUT2D eigenvalue weighted by atomic mass is 35.5. The molecule has 2 heterocycles. The molecule has 10 heteroatoms. The van der Waals surface area contributed by atoms with Crippen LogP contribution in [0, 0.1) is 0 Å². The van der Waals surface area contributed by atoms with Crippen LogP contribution in [0.15, 0.2) is 42.5 Å². The van der Waals surface area contributed by atoms with Crippen LogP contribution in [0.2, 0.25) is 5.02 Å². The number of halogens is 1. The largest absolute Gasteiger partial charge is 0.378 e. The number of benzene rings is 2. The van der Waals surface area contributed by atoms with E-state index in [1.807, 2.05) is 26.8 Å². The van der Waals surface area contributed by atoms with Gasteiger partial charge in [0.15, 0.2) is 0 Å². The molecule has 4 rings (SSSR count). The van der Waals surface area contributed by atoms with Gasteiger partial charge in [0, 0.05) is 56.2 Å². The molecule has 0 saturated carbocycles. The Labute approximate surface area is 222 Å². The fourth-order valence-electron chi connectivity index (χ4n) is 4.39. The molecule has 0 spiro atoms. The molecule has 2 aromatic carbocycles. The van der Waals surface area contributed by atoms with Crippen molar-refractivity contribution >= 4 is 40.8 Å². The lowest BCUT2D eigenvalue weighted by Gasteiger charge is -2.38. The second kappa shape index (κ2) is 11.4. The maximum atomic E-state index is 13.6. The Morgan fingerprint density at radius 1 is 0.865 bits per heavy atom. The fraction of sp³-hybridized carbons (Fsp3) is 0.444. The highest BCUT2D eigenvalue weighted by molar-refractivity contribution is 6.34. The number of morpholine rings is 1. The van der Waals surface area contributed by atoms with Crippen molar-refractivity contribution in [3.8, 4) is 0 Å². The number of amides is 4. The van der Waals surface area contributed by atoms with E-state index >= 15 is 0 Å². The number of urea groups is 1. The predicted molar refractivity (Wildman–Crippen MR) is 145 cm³/mol. The second-order valence-electron chi connectivity index (χ2n) is 10.2. The van der Waals surface area contributed by atoms with Gasteiger partial charge in [0.1, 0.15) is 0 Å². The number of hydrogen-bond donors (Lipinski definition) is 2. The van der Waals surface area contributed by atoms with E-state index in [2.05, 4.69) is 15.5 Å². The third-order valence-electron chi connectivity index (χ3n) is 6.29. The maximum absolute atomic E-state index is 13.6. The summed E-state index contributed by atoms with van der Waals surface area (Å²) < 4.78 is 5.42. The molecule has 2 aliphatic rings. The first-order chi connectivity index (χ1) is 17.6. The van der Waals surface area contributed by atoms with E-state index in [0.29, 0.717) is 74.3 Å². The molecule has 2 aliphatic heterocycles. The highest BCUT2D eigenvalue weighted by Crippen LogP contribution is 2.28. The van der Waals surface area contributed by atoms with Gasteiger partial charge >= 0.3 is 6.03 Å². The molecule has 37 heavy (non-hydrogen) atoms. The smallest absolute Gasteiger partial charge is 0.317 e. The van der Waals surface area contributed by atoms with E-state index in [4.69, 9.17) is 16.3 Å². The van der Waals surface area contributed by atoms with Crippen molar-refractivity contribution in [3.63, 3.8) is 0 Å². The van der Waals surface area contributed by atoms with Crippen LogP contribution in [0.5, 0.6) is 0 Å². The molecular weight excluding hydrogens is 494 g/mol. The van der Waals surface area contributed by atoms with Crippen molar-refractivity contribution in [2.45, 2.75) is 26.3 Å². The van der Waals surface area contributed by atoms with Crippen LogP contribution in [0.3, 0.4) is 0 Å². The molecule has 0 atom stereocenters. The Kier molecular flexibility index (Phi) is 8.24. The van der Waals surface area contributed by atoms with Crippen LogP contribution in [-0.2, 0) is 4.74 Å². The van der Waals surface area contributed by atoms with Crippen molar-refractivity contribution in [2.24, 2.45) is 0 Å². The van der Waals surface area contributed by atoms with E-state index < -0.39 is 0 Å². The highest BCUT2D eigenvalue weighted by Gasteiger charge is 2.28. The number of ether oxygens (including phenoxy) is 1. The lowest BCUT2D eigenvalue weighted by Crippen LogP contribution is -2.55. The first-order valence-corrected chi connectivity index (χ1v) is 12.9. The summed E-state index contributed by atoms with van der Waals surface area (Å²) in [5.41, 5.74) is 1.85. The number of anilines is 2. The molecule has 0 unspecified atom stereocenters. The molecule has 4 amide bonds. The van der Waals surface area contributed by atoms with Crippen LogP contribution in [-0.4, -0.2) is 85.7 Å². The summed E-state index contributed by atoms with van der Waals surface area (Å²) in [4.78, 5) is 44.7. The van der Waals surface area contributed by atoms with Gasteiger partial charge in [-0.25, -0.2) is 4.79 Å². The molecule has 2 saturated heterocycles. The Hall–Kier alpha value is -3.30. The number of carbonyl (C=O) groups is 3. The molecule has 0 aromatic heterocycles. The Morgan fingerprint density at radius 3 is 2.19 bits per heavy atom. The first kappa shape index (κ1) is 26.8. The summed E-state index contributed by atoms with van der Waals surface area (Å²) in [6, 6.07) is 12.1. The third-order valence-corrected chi connectivity index (χ3v) is 6.62. The van der Waals surface area contributed by atoms with Gasteiger partial charge in [-0.05, 0) is 51.1 Å². The van der Waals surface area contributed by atoms with Crippen molar-refractivity contribution < 1.29 is 19.1 Å². The van der Waals surface area contributed by atoms with E-state index in [1.54, 1.807) is 46.2 Å². The molecule has 2 N–H and O–H groups in total. The predicted octanol–water partition coefficient (Wildman–Crippen LogP) is 3.69. The average molecular weight is 528 g/mol. The minimum Gasteiger partial charge on any atom is -0.378 e. The third kappa shape index (κ3) is 6.72. The minimum absolute atomic E-state index is 0.0885. The topological polar surface area (TPSA) is 94.2 Å². The Balaban J connectivity index is 1.55. The molecule has 0 radical (unpaired) electrons. The summed E-state index contributed by atoms with van der Waals surface area (Å²) in [6.07, 6.45) is 0. The summed E-state index contributed by atoms with van der Waals surface area (Å²) in [7, 11) is 0. The summed E-state index contributed by atoms with van der Waals surface area (Å²) >= 11 is 6.19. The summed E-state index contributed by atoms with van der Waals surface area (Å²) in [6.45, 7) is 10.1. The number of nitrogens with zero attached hydrogens (tertiary/aromatic N) is 3.